The van der Waals surface area contributed by atoms with E-state index in [1.54, 1.807) is 13.8 Å². The summed E-state index contributed by atoms with van der Waals surface area (Å²) >= 11 is 6.32. The first kappa shape index (κ1) is 23.2. The maximum atomic E-state index is 10.3. The lowest BCUT2D eigenvalue weighted by atomic mass is 10.00. The number of nitrogens with zero attached hydrogens (tertiary/aromatic N) is 5. The maximum Gasteiger partial charge on any atom is 0.156 e. The lowest BCUT2D eigenvalue weighted by molar-refractivity contribution is -0.0928. The first-order chi connectivity index (χ1) is 17.4. The molecule has 0 saturated carbocycles. The molecule has 2 aliphatic heterocycles. The number of hydrogen-bond donors (Lipinski definition) is 3. The largest absolute Gasteiger partial charge is 0.388 e. The van der Waals surface area contributed by atoms with Crippen molar-refractivity contribution in [1.29, 1.82) is 0 Å². The highest BCUT2D eigenvalue weighted by atomic mass is 35.5. The van der Waals surface area contributed by atoms with Gasteiger partial charge in [-0.05, 0) is 43.7 Å². The van der Waals surface area contributed by atoms with E-state index in [9.17, 15) is 5.11 Å². The third kappa shape index (κ3) is 4.18. The van der Waals surface area contributed by atoms with Gasteiger partial charge in [0.15, 0.2) is 5.65 Å². The summed E-state index contributed by atoms with van der Waals surface area (Å²) in [6, 6.07) is 7.76. The van der Waals surface area contributed by atoms with Crippen LogP contribution in [0.5, 0.6) is 0 Å². The molecular formula is C26H28ClN7O2. The molecule has 4 aromatic rings. The van der Waals surface area contributed by atoms with E-state index in [-0.39, 0.29) is 6.10 Å². The first-order valence-electron chi connectivity index (χ1n) is 12.0. The van der Waals surface area contributed by atoms with Crippen molar-refractivity contribution in [3.63, 3.8) is 0 Å². The van der Waals surface area contributed by atoms with Crippen molar-refractivity contribution in [3.05, 3.63) is 65.2 Å². The number of imidazole rings is 1. The van der Waals surface area contributed by atoms with Crippen LogP contribution in [0.25, 0.3) is 17.0 Å². The van der Waals surface area contributed by atoms with Crippen LogP contribution in [0.1, 0.15) is 25.0 Å². The molecule has 0 aromatic carbocycles. The van der Waals surface area contributed by atoms with Crippen molar-refractivity contribution < 1.29 is 9.84 Å². The molecule has 10 heteroatoms. The molecule has 186 valence electrons. The van der Waals surface area contributed by atoms with Gasteiger partial charge in [0, 0.05) is 37.9 Å². The molecular weight excluding hydrogens is 478 g/mol. The molecule has 0 radical (unpaired) electrons. The van der Waals surface area contributed by atoms with Gasteiger partial charge in [0.1, 0.15) is 11.9 Å². The Morgan fingerprint density at radius 1 is 1.11 bits per heavy atom. The predicted molar refractivity (Wildman–Crippen MR) is 140 cm³/mol. The van der Waals surface area contributed by atoms with Crippen molar-refractivity contribution >= 4 is 34.4 Å². The Kier molecular flexibility index (Phi) is 5.80. The van der Waals surface area contributed by atoms with Crippen LogP contribution in [-0.4, -0.2) is 55.9 Å². The average molecular weight is 506 g/mol. The number of nitrogens with one attached hydrogen (secondary N) is 2. The Morgan fingerprint density at radius 3 is 2.78 bits per heavy atom. The second-order valence-corrected chi connectivity index (χ2v) is 10.2. The van der Waals surface area contributed by atoms with E-state index in [4.69, 9.17) is 21.3 Å². The van der Waals surface area contributed by atoms with Gasteiger partial charge in [0.2, 0.25) is 0 Å². The van der Waals surface area contributed by atoms with E-state index in [1.807, 2.05) is 53.5 Å². The number of aromatic nitrogens is 4. The maximum absolute atomic E-state index is 10.3. The molecule has 0 spiro atoms. The van der Waals surface area contributed by atoms with Gasteiger partial charge < -0.3 is 25.4 Å². The molecule has 1 saturated heterocycles. The number of hydrogen-bond acceptors (Lipinski definition) is 8. The van der Waals surface area contributed by atoms with Crippen LogP contribution in [-0.2, 0) is 17.8 Å². The molecule has 6 heterocycles. The number of morpholine rings is 1. The quantitative estimate of drug-likeness (QED) is 0.377. The van der Waals surface area contributed by atoms with Crippen molar-refractivity contribution in [2.24, 2.45) is 0 Å². The molecule has 36 heavy (non-hydrogen) atoms. The molecule has 1 atom stereocenters. The zero-order valence-electron chi connectivity index (χ0n) is 20.2. The predicted octanol–water partition coefficient (Wildman–Crippen LogP) is 3.77. The van der Waals surface area contributed by atoms with Gasteiger partial charge in [0.25, 0.3) is 0 Å². The summed E-state index contributed by atoms with van der Waals surface area (Å²) in [5.41, 5.74) is 5.88. The molecule has 3 N–H and O–H groups in total. The molecule has 9 nitrogen and oxygen atoms in total. The normalized spacial score (nSPS) is 18.0. The minimum absolute atomic E-state index is 0.243. The topological polar surface area (TPSA) is 99.8 Å². The van der Waals surface area contributed by atoms with E-state index >= 15 is 0 Å². The zero-order valence-corrected chi connectivity index (χ0v) is 21.0. The molecule has 0 bridgehead atoms. The van der Waals surface area contributed by atoms with Crippen LogP contribution < -0.4 is 15.5 Å². The van der Waals surface area contributed by atoms with Gasteiger partial charge in [-0.1, -0.05) is 11.6 Å². The minimum Gasteiger partial charge on any atom is -0.388 e. The van der Waals surface area contributed by atoms with E-state index < -0.39 is 5.60 Å². The van der Waals surface area contributed by atoms with Crippen LogP contribution in [0, 0.1) is 0 Å². The number of aliphatic hydroxyl groups is 1. The molecule has 0 amide bonds. The molecule has 6 rings (SSSR count). The lowest BCUT2D eigenvalue weighted by Crippen LogP contribution is -2.52. The highest BCUT2D eigenvalue weighted by Crippen LogP contribution is 2.34. The second kappa shape index (κ2) is 9.01. The number of anilines is 3. The summed E-state index contributed by atoms with van der Waals surface area (Å²) in [7, 11) is 0. The van der Waals surface area contributed by atoms with E-state index in [0.29, 0.717) is 18.2 Å². The number of rotatable bonds is 5. The van der Waals surface area contributed by atoms with Crippen LogP contribution >= 0.6 is 11.6 Å². The highest BCUT2D eigenvalue weighted by molar-refractivity contribution is 6.33. The Bertz CT molecular complexity index is 1410. The summed E-state index contributed by atoms with van der Waals surface area (Å²) in [6.07, 6.45) is 7.25. The Balaban J connectivity index is 1.25. The van der Waals surface area contributed by atoms with Gasteiger partial charge in [-0.3, -0.25) is 9.38 Å². The average Bonchev–Trinajstić information content (AvgIpc) is 3.53. The zero-order chi connectivity index (χ0) is 24.9. The number of pyridine rings is 3. The molecule has 1 fully saturated rings. The van der Waals surface area contributed by atoms with Gasteiger partial charge in [0.05, 0.1) is 58.6 Å². The summed E-state index contributed by atoms with van der Waals surface area (Å²) < 4.78 is 7.73. The Hall–Kier alpha value is -3.24. The van der Waals surface area contributed by atoms with Gasteiger partial charge >= 0.3 is 0 Å². The van der Waals surface area contributed by atoms with Gasteiger partial charge in [-0.25, -0.2) is 9.97 Å². The van der Waals surface area contributed by atoms with Crippen molar-refractivity contribution in [1.82, 2.24) is 24.7 Å². The monoisotopic (exact) mass is 505 g/mol. The summed E-state index contributed by atoms with van der Waals surface area (Å²) in [4.78, 5) is 16.2. The molecule has 0 aliphatic carbocycles. The standard InChI is InChI=1S/C26H28ClN7O2/c1-26(2,35)22-15-33(8-9-36-22)16-5-6-23(29-10-16)32-20-13-30-24(18-12-28-11-17(18)20)21-14-31-25-19(27)4-3-7-34(21)25/h3-7,10,13-14,22,28,35H,8-9,11-12,15H2,1-2H3,(H,29,32). The van der Waals surface area contributed by atoms with Crippen LogP contribution in [0.3, 0.4) is 0 Å². The van der Waals surface area contributed by atoms with Crippen molar-refractivity contribution in [2.45, 2.75) is 38.6 Å². The van der Waals surface area contributed by atoms with E-state index in [2.05, 4.69) is 25.5 Å². The summed E-state index contributed by atoms with van der Waals surface area (Å²) in [6.45, 7) is 7.00. The van der Waals surface area contributed by atoms with E-state index in [0.717, 1.165) is 59.4 Å². The highest BCUT2D eigenvalue weighted by Gasteiger charge is 2.32. The number of halogens is 1. The first-order valence-corrected chi connectivity index (χ1v) is 12.4. The SMILES string of the molecule is CC(C)(O)C1CN(c2ccc(Nc3cnc(-c4cnc5c(Cl)cccn45)c4c3CNC4)nc2)CCO1. The third-order valence-electron chi connectivity index (χ3n) is 6.86. The minimum atomic E-state index is -0.892. The molecule has 1 unspecified atom stereocenters. The lowest BCUT2D eigenvalue weighted by Gasteiger charge is -2.39. The van der Waals surface area contributed by atoms with Crippen molar-refractivity contribution in [2.75, 3.05) is 29.9 Å². The summed E-state index contributed by atoms with van der Waals surface area (Å²) in [5, 5.41) is 17.8. The Labute approximate surface area is 214 Å². The summed E-state index contributed by atoms with van der Waals surface area (Å²) in [5.74, 6) is 0.747. The van der Waals surface area contributed by atoms with Crippen LogP contribution in [0.2, 0.25) is 5.02 Å². The van der Waals surface area contributed by atoms with Gasteiger partial charge in [-0.2, -0.15) is 0 Å². The van der Waals surface area contributed by atoms with Crippen LogP contribution in [0.4, 0.5) is 17.2 Å². The Morgan fingerprint density at radius 2 is 1.97 bits per heavy atom. The molecule has 2 aliphatic rings. The van der Waals surface area contributed by atoms with Gasteiger partial charge in [-0.15, -0.1) is 0 Å². The second-order valence-electron chi connectivity index (χ2n) is 9.76. The van der Waals surface area contributed by atoms with Crippen molar-refractivity contribution in [3.8, 4) is 11.4 Å². The third-order valence-corrected chi connectivity index (χ3v) is 7.16. The van der Waals surface area contributed by atoms with E-state index in [1.165, 1.54) is 5.56 Å². The number of fused-ring (bicyclic) bond motifs is 2. The fraction of sp³-hybridized carbons (Fsp3) is 0.346. The van der Waals surface area contributed by atoms with Crippen LogP contribution in [0.15, 0.2) is 49.1 Å². The smallest absolute Gasteiger partial charge is 0.156 e. The fourth-order valence-electron chi connectivity index (χ4n) is 4.87. The number of ether oxygens (including phenoxy) is 1. The fourth-order valence-corrected chi connectivity index (χ4v) is 5.08. The molecule has 4 aromatic heterocycles.